The lowest BCUT2D eigenvalue weighted by molar-refractivity contribution is -0.147. The fraction of sp³-hybridized carbons (Fsp3) is 0.278. The maximum atomic E-state index is 12.9. The largest absolute Gasteiger partial charge is 0.489 e. The lowest BCUT2D eigenvalue weighted by atomic mass is 9.93. The molecule has 0 aliphatic heterocycles. The molecule has 7 nitrogen and oxygen atoms in total. The van der Waals surface area contributed by atoms with Crippen molar-refractivity contribution in [2.45, 2.75) is 45.1 Å². The van der Waals surface area contributed by atoms with Gasteiger partial charge in [0.25, 0.3) is 0 Å². The summed E-state index contributed by atoms with van der Waals surface area (Å²) in [6, 6.07) is 30.9. The highest BCUT2D eigenvalue weighted by molar-refractivity contribution is 5.77. The van der Waals surface area contributed by atoms with E-state index in [0.717, 1.165) is 38.9 Å². The van der Waals surface area contributed by atoms with Crippen LogP contribution in [0.3, 0.4) is 0 Å². The third-order valence-corrected chi connectivity index (χ3v) is 7.52. The molecule has 0 unspecified atom stereocenters. The van der Waals surface area contributed by atoms with Gasteiger partial charge in [0.2, 0.25) is 0 Å². The standard InChI is InChI=1S/C36H40N2O5/c1-25-15-16-28(19-30(25)21-33(38-3)36(40)43-24-27-13-9-6-10-14-27)29-17-18-34(42-23-26-11-7-5-8-12-26)31(20-29)22-32(37-2)35(39)41-4/h5-20,32-33,37-38H,21-24H2,1-4H3/t32-,33-/m0/s1. The van der Waals surface area contributed by atoms with Crippen LogP contribution in [0, 0.1) is 6.92 Å². The highest BCUT2D eigenvalue weighted by atomic mass is 16.5. The number of nitrogens with one attached hydrogen (secondary N) is 2. The molecule has 0 bridgehead atoms. The number of ether oxygens (including phenoxy) is 3. The van der Waals surface area contributed by atoms with E-state index in [-0.39, 0.29) is 18.5 Å². The van der Waals surface area contributed by atoms with Crippen LogP contribution in [0.1, 0.15) is 27.8 Å². The number of hydrogen-bond acceptors (Lipinski definition) is 7. The molecule has 224 valence electrons. The van der Waals surface area contributed by atoms with Gasteiger partial charge in [-0.3, -0.25) is 9.59 Å². The predicted octanol–water partition coefficient (Wildman–Crippen LogP) is 5.42. The van der Waals surface area contributed by atoms with E-state index in [1.165, 1.54) is 7.11 Å². The number of rotatable bonds is 14. The molecule has 0 amide bonds. The molecule has 0 heterocycles. The number of carbonyl (C=O) groups is 2. The summed E-state index contributed by atoms with van der Waals surface area (Å²) >= 11 is 0. The molecule has 7 heteroatoms. The Labute approximate surface area is 254 Å². The molecule has 0 saturated heterocycles. The monoisotopic (exact) mass is 580 g/mol. The van der Waals surface area contributed by atoms with Crippen LogP contribution >= 0.6 is 0 Å². The minimum atomic E-state index is -0.522. The molecule has 43 heavy (non-hydrogen) atoms. The van der Waals surface area contributed by atoms with Gasteiger partial charge in [-0.2, -0.15) is 0 Å². The van der Waals surface area contributed by atoms with Gasteiger partial charge >= 0.3 is 11.9 Å². The molecular weight excluding hydrogens is 540 g/mol. The van der Waals surface area contributed by atoms with Gasteiger partial charge in [-0.05, 0) is 78.5 Å². The average Bonchev–Trinajstić information content (AvgIpc) is 3.05. The van der Waals surface area contributed by atoms with Crippen LogP contribution in [-0.4, -0.2) is 45.2 Å². The van der Waals surface area contributed by atoms with E-state index in [2.05, 4.69) is 34.9 Å². The summed E-state index contributed by atoms with van der Waals surface area (Å²) in [5, 5.41) is 6.18. The Hall–Kier alpha value is -4.46. The summed E-state index contributed by atoms with van der Waals surface area (Å²) in [5.74, 6) is 0.0802. The minimum absolute atomic E-state index is 0.234. The highest BCUT2D eigenvalue weighted by Crippen LogP contribution is 2.30. The van der Waals surface area contributed by atoms with E-state index in [4.69, 9.17) is 14.2 Å². The van der Waals surface area contributed by atoms with Crippen molar-refractivity contribution in [3.63, 3.8) is 0 Å². The third-order valence-electron chi connectivity index (χ3n) is 7.52. The number of esters is 2. The Morgan fingerprint density at radius 3 is 1.81 bits per heavy atom. The SMILES string of the molecule is CN[C@@H](Cc1cc(-c2ccc(C)c(C[C@H](NC)C(=O)OCc3ccccc3)c2)ccc1OCc1ccccc1)C(=O)OC. The zero-order chi connectivity index (χ0) is 30.6. The van der Waals surface area contributed by atoms with E-state index in [0.29, 0.717) is 25.2 Å². The van der Waals surface area contributed by atoms with Gasteiger partial charge in [0.1, 0.15) is 31.0 Å². The first kappa shape index (κ1) is 31.5. The van der Waals surface area contributed by atoms with Crippen molar-refractivity contribution in [2.75, 3.05) is 21.2 Å². The summed E-state index contributed by atoms with van der Waals surface area (Å²) in [6.07, 6.45) is 0.883. The first-order valence-electron chi connectivity index (χ1n) is 14.4. The molecule has 2 atom stereocenters. The number of likely N-dealkylation sites (N-methyl/N-ethyl adjacent to an activating group) is 2. The summed E-state index contributed by atoms with van der Waals surface area (Å²) in [7, 11) is 4.90. The average molecular weight is 581 g/mol. The second-order valence-electron chi connectivity index (χ2n) is 10.4. The Balaban J connectivity index is 1.57. The van der Waals surface area contributed by atoms with Gasteiger partial charge in [-0.1, -0.05) is 84.9 Å². The van der Waals surface area contributed by atoms with Crippen molar-refractivity contribution >= 4 is 11.9 Å². The highest BCUT2D eigenvalue weighted by Gasteiger charge is 2.22. The fourth-order valence-electron chi connectivity index (χ4n) is 4.88. The molecule has 0 spiro atoms. The summed E-state index contributed by atoms with van der Waals surface area (Å²) in [6.45, 7) is 2.69. The van der Waals surface area contributed by atoms with Gasteiger partial charge in [0, 0.05) is 6.42 Å². The molecule has 0 saturated carbocycles. The smallest absolute Gasteiger partial charge is 0.323 e. The number of aryl methyl sites for hydroxylation is 1. The van der Waals surface area contributed by atoms with Crippen LogP contribution in [-0.2, 0) is 45.1 Å². The quantitative estimate of drug-likeness (QED) is 0.193. The Kier molecular flexibility index (Phi) is 11.5. The van der Waals surface area contributed by atoms with Crippen molar-refractivity contribution in [1.29, 1.82) is 0 Å². The summed E-state index contributed by atoms with van der Waals surface area (Å²) < 4.78 is 16.8. The number of carbonyl (C=O) groups excluding carboxylic acids is 2. The lowest BCUT2D eigenvalue weighted by Crippen LogP contribution is -2.37. The maximum absolute atomic E-state index is 12.9. The topological polar surface area (TPSA) is 85.9 Å². The van der Waals surface area contributed by atoms with Crippen molar-refractivity contribution in [2.24, 2.45) is 0 Å². The van der Waals surface area contributed by atoms with Crippen LogP contribution in [0.4, 0.5) is 0 Å². The second-order valence-corrected chi connectivity index (χ2v) is 10.4. The first-order valence-corrected chi connectivity index (χ1v) is 14.4. The molecule has 0 aliphatic carbocycles. The Morgan fingerprint density at radius 2 is 1.21 bits per heavy atom. The molecule has 4 rings (SSSR count). The zero-order valence-corrected chi connectivity index (χ0v) is 25.3. The van der Waals surface area contributed by atoms with Gasteiger partial charge in [-0.25, -0.2) is 0 Å². The van der Waals surface area contributed by atoms with E-state index >= 15 is 0 Å². The molecule has 4 aromatic rings. The summed E-state index contributed by atoms with van der Waals surface area (Å²) in [5.41, 5.74) is 7.01. The van der Waals surface area contributed by atoms with Gasteiger partial charge in [0.05, 0.1) is 7.11 Å². The number of benzene rings is 4. The molecule has 2 N–H and O–H groups in total. The second kappa shape index (κ2) is 15.7. The van der Waals surface area contributed by atoms with Crippen LogP contribution in [0.5, 0.6) is 5.75 Å². The van der Waals surface area contributed by atoms with E-state index in [1.54, 1.807) is 14.1 Å². The van der Waals surface area contributed by atoms with Crippen LogP contribution in [0.15, 0.2) is 97.1 Å². The van der Waals surface area contributed by atoms with Crippen molar-refractivity contribution in [3.8, 4) is 16.9 Å². The Morgan fingerprint density at radius 1 is 0.674 bits per heavy atom. The molecule has 0 aliphatic rings. The number of methoxy groups -OCH3 is 1. The first-order chi connectivity index (χ1) is 20.9. The van der Waals surface area contributed by atoms with E-state index < -0.39 is 12.1 Å². The van der Waals surface area contributed by atoms with Crippen LogP contribution in [0.25, 0.3) is 11.1 Å². The molecule has 0 aromatic heterocycles. The van der Waals surface area contributed by atoms with Crippen molar-refractivity contribution in [3.05, 3.63) is 125 Å². The van der Waals surface area contributed by atoms with E-state index in [1.807, 2.05) is 79.7 Å². The van der Waals surface area contributed by atoms with Gasteiger partial charge < -0.3 is 24.8 Å². The van der Waals surface area contributed by atoms with Crippen LogP contribution < -0.4 is 15.4 Å². The molecule has 4 aromatic carbocycles. The number of hydrogen-bond donors (Lipinski definition) is 2. The van der Waals surface area contributed by atoms with Gasteiger partial charge in [0.15, 0.2) is 0 Å². The minimum Gasteiger partial charge on any atom is -0.489 e. The third kappa shape index (κ3) is 8.77. The van der Waals surface area contributed by atoms with Crippen LogP contribution in [0.2, 0.25) is 0 Å². The van der Waals surface area contributed by atoms with E-state index in [9.17, 15) is 9.59 Å². The predicted molar refractivity (Wildman–Crippen MR) is 169 cm³/mol. The van der Waals surface area contributed by atoms with Gasteiger partial charge in [-0.15, -0.1) is 0 Å². The maximum Gasteiger partial charge on any atom is 0.323 e. The summed E-state index contributed by atoms with van der Waals surface area (Å²) in [4.78, 5) is 25.4. The molecular formula is C36H40N2O5. The molecule has 0 fully saturated rings. The normalized spacial score (nSPS) is 12.3. The Bertz CT molecular complexity index is 1490. The van der Waals surface area contributed by atoms with Crippen molar-refractivity contribution in [1.82, 2.24) is 10.6 Å². The molecule has 0 radical (unpaired) electrons. The zero-order valence-electron chi connectivity index (χ0n) is 25.3. The lowest BCUT2D eigenvalue weighted by Gasteiger charge is -2.19. The fourth-order valence-corrected chi connectivity index (χ4v) is 4.88. The van der Waals surface area contributed by atoms with Crippen molar-refractivity contribution < 1.29 is 23.8 Å².